The highest BCUT2D eigenvalue weighted by molar-refractivity contribution is 5.95. The van der Waals surface area contributed by atoms with E-state index in [0.29, 0.717) is 18.1 Å². The highest BCUT2D eigenvalue weighted by Gasteiger charge is 2.20. The van der Waals surface area contributed by atoms with Gasteiger partial charge in [0.2, 0.25) is 5.78 Å². The monoisotopic (exact) mass is 342 g/mol. The van der Waals surface area contributed by atoms with Crippen LogP contribution in [0.2, 0.25) is 0 Å². The molecule has 0 unspecified atom stereocenters. The molecule has 0 spiro atoms. The number of rotatable bonds is 8. The standard InChI is InChI=1S/C21H26O4/c1-13(2)17-12-19(25-21(17)14(3)4)18(22)11-16-7-5-15(6-8-16)9-10-20(23)24/h5-8,12-14H,9-11H2,1-4H3,(H,23,24). The summed E-state index contributed by atoms with van der Waals surface area (Å²) in [6.07, 6.45) is 0.889. The van der Waals surface area contributed by atoms with E-state index in [4.69, 9.17) is 9.52 Å². The number of hydrogen-bond donors (Lipinski definition) is 1. The van der Waals surface area contributed by atoms with Gasteiger partial charge in [-0.15, -0.1) is 0 Å². The molecule has 0 saturated heterocycles. The van der Waals surface area contributed by atoms with Gasteiger partial charge in [-0.3, -0.25) is 9.59 Å². The number of hydrogen-bond acceptors (Lipinski definition) is 3. The normalized spacial score (nSPS) is 11.3. The Hall–Kier alpha value is -2.36. The molecule has 2 aromatic rings. The predicted molar refractivity (Wildman–Crippen MR) is 97.3 cm³/mol. The molecule has 0 atom stereocenters. The summed E-state index contributed by atoms with van der Waals surface area (Å²) in [5.74, 6) is 1.03. The molecule has 0 aliphatic carbocycles. The molecule has 0 bridgehead atoms. The van der Waals surface area contributed by atoms with Crippen molar-refractivity contribution in [3.63, 3.8) is 0 Å². The number of Topliss-reactive ketones (excluding diaryl/α,β-unsaturated/α-hetero) is 1. The van der Waals surface area contributed by atoms with Crippen molar-refractivity contribution < 1.29 is 19.1 Å². The Balaban J connectivity index is 2.09. The number of carbonyl (C=O) groups is 2. The minimum absolute atomic E-state index is 0.0351. The average molecular weight is 342 g/mol. The van der Waals surface area contributed by atoms with Gasteiger partial charge in [-0.25, -0.2) is 0 Å². The van der Waals surface area contributed by atoms with Crippen LogP contribution in [0.5, 0.6) is 0 Å². The summed E-state index contributed by atoms with van der Waals surface area (Å²) in [5, 5.41) is 8.72. The zero-order valence-corrected chi connectivity index (χ0v) is 15.3. The van der Waals surface area contributed by atoms with Gasteiger partial charge in [0.1, 0.15) is 5.76 Å². The van der Waals surface area contributed by atoms with Crippen molar-refractivity contribution in [2.24, 2.45) is 0 Å². The third-order valence-electron chi connectivity index (χ3n) is 4.23. The summed E-state index contributed by atoms with van der Waals surface area (Å²) in [5.41, 5.74) is 2.96. The highest BCUT2D eigenvalue weighted by Crippen LogP contribution is 2.30. The Morgan fingerprint density at radius 1 is 1.00 bits per heavy atom. The molecule has 0 amide bonds. The molecule has 0 fully saturated rings. The van der Waals surface area contributed by atoms with Crippen molar-refractivity contribution in [1.82, 2.24) is 0 Å². The summed E-state index contributed by atoms with van der Waals surface area (Å²) >= 11 is 0. The van der Waals surface area contributed by atoms with E-state index in [1.807, 2.05) is 30.3 Å². The smallest absolute Gasteiger partial charge is 0.303 e. The number of benzene rings is 1. The van der Waals surface area contributed by atoms with E-state index >= 15 is 0 Å². The summed E-state index contributed by atoms with van der Waals surface area (Å²) < 4.78 is 5.85. The summed E-state index contributed by atoms with van der Waals surface area (Å²) in [7, 11) is 0. The fraction of sp³-hybridized carbons (Fsp3) is 0.429. The van der Waals surface area contributed by atoms with Gasteiger partial charge in [-0.1, -0.05) is 52.0 Å². The van der Waals surface area contributed by atoms with Gasteiger partial charge in [-0.2, -0.15) is 0 Å². The van der Waals surface area contributed by atoms with Crippen LogP contribution in [-0.2, 0) is 17.6 Å². The molecular formula is C21H26O4. The fourth-order valence-electron chi connectivity index (χ4n) is 2.81. The molecule has 4 heteroatoms. The first kappa shape index (κ1) is 19.0. The second-order valence-corrected chi connectivity index (χ2v) is 7.05. The predicted octanol–water partition coefficient (Wildman–Crippen LogP) is 4.97. The number of aryl methyl sites for hydroxylation is 1. The molecular weight excluding hydrogens is 316 g/mol. The van der Waals surface area contributed by atoms with Crippen LogP contribution in [0.3, 0.4) is 0 Å². The Morgan fingerprint density at radius 2 is 1.60 bits per heavy atom. The van der Waals surface area contributed by atoms with Crippen LogP contribution >= 0.6 is 0 Å². The van der Waals surface area contributed by atoms with Gasteiger partial charge >= 0.3 is 5.97 Å². The Labute approximate surface area is 148 Å². The number of carboxylic acid groups (broad SMARTS) is 1. The average Bonchev–Trinajstić information content (AvgIpc) is 3.00. The highest BCUT2D eigenvalue weighted by atomic mass is 16.4. The summed E-state index contributed by atoms with van der Waals surface area (Å²) in [6, 6.07) is 9.40. The van der Waals surface area contributed by atoms with Gasteiger partial charge in [0, 0.05) is 18.8 Å². The first-order valence-corrected chi connectivity index (χ1v) is 8.74. The van der Waals surface area contributed by atoms with E-state index in [1.165, 1.54) is 0 Å². The molecule has 0 radical (unpaired) electrons. The van der Waals surface area contributed by atoms with Crippen molar-refractivity contribution in [1.29, 1.82) is 0 Å². The van der Waals surface area contributed by atoms with Gasteiger partial charge in [0.05, 0.1) is 0 Å². The van der Waals surface area contributed by atoms with E-state index in [0.717, 1.165) is 22.5 Å². The van der Waals surface area contributed by atoms with Crippen LogP contribution < -0.4 is 0 Å². The van der Waals surface area contributed by atoms with Crippen LogP contribution in [0.4, 0.5) is 0 Å². The molecule has 1 N–H and O–H groups in total. The lowest BCUT2D eigenvalue weighted by atomic mass is 9.97. The topological polar surface area (TPSA) is 67.5 Å². The first-order chi connectivity index (χ1) is 11.8. The minimum Gasteiger partial charge on any atom is -0.481 e. The Kier molecular flexibility index (Phi) is 6.18. The van der Waals surface area contributed by atoms with Crippen LogP contribution in [-0.4, -0.2) is 16.9 Å². The zero-order chi connectivity index (χ0) is 18.6. The lowest BCUT2D eigenvalue weighted by molar-refractivity contribution is -0.136. The van der Waals surface area contributed by atoms with Crippen molar-refractivity contribution >= 4 is 11.8 Å². The number of furan rings is 1. The third-order valence-corrected chi connectivity index (χ3v) is 4.23. The summed E-state index contributed by atoms with van der Waals surface area (Å²) in [6.45, 7) is 8.32. The van der Waals surface area contributed by atoms with Gasteiger partial charge < -0.3 is 9.52 Å². The fourth-order valence-corrected chi connectivity index (χ4v) is 2.81. The second-order valence-electron chi connectivity index (χ2n) is 7.05. The van der Waals surface area contributed by atoms with Gasteiger partial charge in [0.25, 0.3) is 0 Å². The van der Waals surface area contributed by atoms with Crippen molar-refractivity contribution in [2.45, 2.75) is 58.8 Å². The first-order valence-electron chi connectivity index (χ1n) is 8.74. The second kappa shape index (κ2) is 8.15. The van der Waals surface area contributed by atoms with E-state index in [1.54, 1.807) is 0 Å². The largest absolute Gasteiger partial charge is 0.481 e. The quantitative estimate of drug-likeness (QED) is 0.688. The molecule has 1 heterocycles. The van der Waals surface area contributed by atoms with Crippen LogP contribution in [0.15, 0.2) is 34.7 Å². The third kappa shape index (κ3) is 5.05. The van der Waals surface area contributed by atoms with Gasteiger partial charge in [0.15, 0.2) is 5.76 Å². The molecule has 1 aromatic heterocycles. The molecule has 0 aliphatic rings. The van der Waals surface area contributed by atoms with E-state index in [9.17, 15) is 9.59 Å². The van der Waals surface area contributed by atoms with E-state index < -0.39 is 5.97 Å². The Bertz CT molecular complexity index is 710. The number of carboxylic acids is 1. The maximum Gasteiger partial charge on any atom is 0.303 e. The lowest BCUT2D eigenvalue weighted by Crippen LogP contribution is -2.03. The molecule has 2 rings (SSSR count). The lowest BCUT2D eigenvalue weighted by Gasteiger charge is -2.07. The van der Waals surface area contributed by atoms with Crippen molar-refractivity contribution in [3.05, 3.63) is 58.5 Å². The van der Waals surface area contributed by atoms with Crippen molar-refractivity contribution in [2.75, 3.05) is 0 Å². The van der Waals surface area contributed by atoms with Crippen LogP contribution in [0.25, 0.3) is 0 Å². The zero-order valence-electron chi connectivity index (χ0n) is 15.3. The molecule has 1 aromatic carbocycles. The minimum atomic E-state index is -0.806. The molecule has 25 heavy (non-hydrogen) atoms. The maximum absolute atomic E-state index is 12.6. The molecule has 0 aliphatic heterocycles. The number of carbonyl (C=O) groups excluding carboxylic acids is 1. The van der Waals surface area contributed by atoms with E-state index in [-0.39, 0.29) is 24.5 Å². The van der Waals surface area contributed by atoms with Crippen molar-refractivity contribution in [3.8, 4) is 0 Å². The Morgan fingerprint density at radius 3 is 2.08 bits per heavy atom. The SMILES string of the molecule is CC(C)c1cc(C(=O)Cc2ccc(CCC(=O)O)cc2)oc1C(C)C. The van der Waals surface area contributed by atoms with Gasteiger partial charge in [-0.05, 0) is 35.1 Å². The number of ketones is 1. The van der Waals surface area contributed by atoms with Crippen LogP contribution in [0.1, 0.15) is 79.0 Å². The molecule has 0 saturated carbocycles. The maximum atomic E-state index is 12.6. The van der Waals surface area contributed by atoms with Crippen LogP contribution in [0, 0.1) is 0 Å². The van der Waals surface area contributed by atoms with E-state index in [2.05, 4.69) is 27.7 Å². The molecule has 134 valence electrons. The molecule has 4 nitrogen and oxygen atoms in total. The number of aliphatic carboxylic acids is 1. The summed E-state index contributed by atoms with van der Waals surface area (Å²) in [4.78, 5) is 23.2.